The number of carboxylic acid groups (broad SMARTS) is 1. The highest BCUT2D eigenvalue weighted by atomic mass is 16.4. The van der Waals surface area contributed by atoms with Gasteiger partial charge in [-0.3, -0.25) is 4.79 Å². The fourth-order valence-electron chi connectivity index (χ4n) is 2.66. The standard InChI is InChI=1S/C14H19NO3/c16-13-7-2-1-4-11(13)9-15-8-10-5-3-6-12(10)14(17)18/h1-2,4,7,10,12,15-16H,3,5-6,8-9H2,(H,17,18). The van der Waals surface area contributed by atoms with Gasteiger partial charge in [0.05, 0.1) is 5.92 Å². The normalized spacial score (nSPS) is 23.1. The summed E-state index contributed by atoms with van der Waals surface area (Å²) in [5.41, 5.74) is 0.849. The second-order valence-electron chi connectivity index (χ2n) is 4.90. The van der Waals surface area contributed by atoms with E-state index in [4.69, 9.17) is 5.11 Å². The average molecular weight is 249 g/mol. The maximum Gasteiger partial charge on any atom is 0.306 e. The maximum absolute atomic E-state index is 11.0. The van der Waals surface area contributed by atoms with Crippen molar-refractivity contribution in [2.45, 2.75) is 25.8 Å². The second kappa shape index (κ2) is 5.87. The number of carbonyl (C=O) groups is 1. The van der Waals surface area contributed by atoms with Gasteiger partial charge in [0.25, 0.3) is 0 Å². The van der Waals surface area contributed by atoms with Gasteiger partial charge in [0, 0.05) is 12.1 Å². The lowest BCUT2D eigenvalue weighted by Crippen LogP contribution is -2.28. The van der Waals surface area contributed by atoms with Gasteiger partial charge in [-0.1, -0.05) is 24.6 Å². The lowest BCUT2D eigenvalue weighted by Gasteiger charge is -2.16. The van der Waals surface area contributed by atoms with Crippen LogP contribution in [0.25, 0.3) is 0 Å². The molecule has 2 atom stereocenters. The molecule has 1 saturated carbocycles. The first-order chi connectivity index (χ1) is 8.68. The molecule has 0 bridgehead atoms. The number of aromatic hydroxyl groups is 1. The Morgan fingerprint density at radius 3 is 2.83 bits per heavy atom. The topological polar surface area (TPSA) is 69.6 Å². The van der Waals surface area contributed by atoms with Crippen molar-refractivity contribution in [1.82, 2.24) is 5.32 Å². The highest BCUT2D eigenvalue weighted by Gasteiger charge is 2.32. The molecule has 1 fully saturated rings. The molecule has 2 rings (SSSR count). The van der Waals surface area contributed by atoms with Crippen LogP contribution in [-0.2, 0) is 11.3 Å². The average Bonchev–Trinajstić information content (AvgIpc) is 2.80. The van der Waals surface area contributed by atoms with E-state index in [9.17, 15) is 9.90 Å². The third-order valence-electron chi connectivity index (χ3n) is 3.69. The van der Waals surface area contributed by atoms with Gasteiger partial charge < -0.3 is 15.5 Å². The molecular formula is C14H19NO3. The van der Waals surface area contributed by atoms with Crippen molar-refractivity contribution in [2.75, 3.05) is 6.54 Å². The zero-order valence-corrected chi connectivity index (χ0v) is 10.3. The van der Waals surface area contributed by atoms with E-state index < -0.39 is 5.97 Å². The summed E-state index contributed by atoms with van der Waals surface area (Å²) in [5, 5.41) is 21.9. The molecule has 3 N–H and O–H groups in total. The van der Waals surface area contributed by atoms with Gasteiger partial charge in [-0.25, -0.2) is 0 Å². The summed E-state index contributed by atoms with van der Waals surface area (Å²) in [6.07, 6.45) is 2.77. The van der Waals surface area contributed by atoms with Gasteiger partial charge >= 0.3 is 5.97 Å². The molecule has 0 heterocycles. The summed E-state index contributed by atoms with van der Waals surface area (Å²) in [6.45, 7) is 1.28. The smallest absolute Gasteiger partial charge is 0.306 e. The van der Waals surface area contributed by atoms with Crippen molar-refractivity contribution >= 4 is 5.97 Å². The van der Waals surface area contributed by atoms with Crippen molar-refractivity contribution in [2.24, 2.45) is 11.8 Å². The number of phenols is 1. The van der Waals surface area contributed by atoms with Gasteiger partial charge in [-0.05, 0) is 31.4 Å². The Balaban J connectivity index is 1.82. The molecule has 1 aromatic rings. The SMILES string of the molecule is O=C(O)C1CCCC1CNCc1ccccc1O. The minimum Gasteiger partial charge on any atom is -0.508 e. The van der Waals surface area contributed by atoms with Gasteiger partial charge in [0.1, 0.15) is 5.75 Å². The highest BCUT2D eigenvalue weighted by Crippen LogP contribution is 2.31. The Kier molecular flexibility index (Phi) is 4.20. The van der Waals surface area contributed by atoms with E-state index in [0.717, 1.165) is 24.8 Å². The molecule has 18 heavy (non-hydrogen) atoms. The lowest BCUT2D eigenvalue weighted by atomic mass is 9.96. The van der Waals surface area contributed by atoms with Crippen LogP contribution in [0.3, 0.4) is 0 Å². The maximum atomic E-state index is 11.0. The zero-order valence-electron chi connectivity index (χ0n) is 10.3. The molecule has 0 amide bonds. The van der Waals surface area contributed by atoms with Crippen molar-refractivity contribution in [1.29, 1.82) is 0 Å². The Hall–Kier alpha value is -1.55. The minimum absolute atomic E-state index is 0.207. The van der Waals surface area contributed by atoms with Crippen molar-refractivity contribution in [3.63, 3.8) is 0 Å². The van der Waals surface area contributed by atoms with E-state index in [-0.39, 0.29) is 17.6 Å². The van der Waals surface area contributed by atoms with E-state index >= 15 is 0 Å². The van der Waals surface area contributed by atoms with Crippen molar-refractivity contribution in [3.8, 4) is 5.75 Å². The summed E-state index contributed by atoms with van der Waals surface area (Å²) in [6, 6.07) is 7.20. The summed E-state index contributed by atoms with van der Waals surface area (Å²) in [7, 11) is 0. The number of aliphatic carboxylic acids is 1. The summed E-state index contributed by atoms with van der Waals surface area (Å²) in [4.78, 5) is 11.0. The fraction of sp³-hybridized carbons (Fsp3) is 0.500. The first-order valence-corrected chi connectivity index (χ1v) is 6.39. The van der Waals surface area contributed by atoms with Gasteiger partial charge in [-0.15, -0.1) is 0 Å². The predicted octanol–water partition coefficient (Wildman–Crippen LogP) is 1.98. The van der Waals surface area contributed by atoms with E-state index in [1.807, 2.05) is 12.1 Å². The molecule has 1 aromatic carbocycles. The minimum atomic E-state index is -0.679. The van der Waals surface area contributed by atoms with E-state index in [1.54, 1.807) is 12.1 Å². The van der Waals surface area contributed by atoms with Crippen LogP contribution < -0.4 is 5.32 Å². The highest BCUT2D eigenvalue weighted by molar-refractivity contribution is 5.70. The first-order valence-electron chi connectivity index (χ1n) is 6.39. The lowest BCUT2D eigenvalue weighted by molar-refractivity contribution is -0.142. The van der Waals surface area contributed by atoms with E-state index in [2.05, 4.69) is 5.32 Å². The second-order valence-corrected chi connectivity index (χ2v) is 4.90. The molecule has 0 saturated heterocycles. The van der Waals surface area contributed by atoms with Crippen molar-refractivity contribution in [3.05, 3.63) is 29.8 Å². The summed E-state index contributed by atoms with van der Waals surface area (Å²) >= 11 is 0. The first kappa shape index (κ1) is 12.9. The quantitative estimate of drug-likeness (QED) is 0.746. The molecule has 98 valence electrons. The molecule has 0 radical (unpaired) electrons. The number of hydrogen-bond acceptors (Lipinski definition) is 3. The number of para-hydroxylation sites is 1. The molecule has 4 heteroatoms. The summed E-state index contributed by atoms with van der Waals surface area (Å²) in [5.74, 6) is -0.386. The van der Waals surface area contributed by atoms with Crippen LogP contribution in [0, 0.1) is 11.8 Å². The Morgan fingerprint density at radius 2 is 2.11 bits per heavy atom. The third-order valence-corrected chi connectivity index (χ3v) is 3.69. The van der Waals surface area contributed by atoms with Gasteiger partial charge in [-0.2, -0.15) is 0 Å². The van der Waals surface area contributed by atoms with Crippen LogP contribution >= 0.6 is 0 Å². The molecule has 1 aliphatic rings. The molecule has 0 spiro atoms. The van der Waals surface area contributed by atoms with Crippen molar-refractivity contribution < 1.29 is 15.0 Å². The molecule has 1 aliphatic carbocycles. The number of nitrogens with one attached hydrogen (secondary N) is 1. The molecule has 0 aliphatic heterocycles. The number of rotatable bonds is 5. The van der Waals surface area contributed by atoms with Crippen LogP contribution in [0.5, 0.6) is 5.75 Å². The zero-order chi connectivity index (χ0) is 13.0. The van der Waals surface area contributed by atoms with Gasteiger partial charge in [0.2, 0.25) is 0 Å². The number of hydrogen-bond donors (Lipinski definition) is 3. The van der Waals surface area contributed by atoms with Crippen LogP contribution in [-0.4, -0.2) is 22.7 Å². The van der Waals surface area contributed by atoms with Crippen LogP contribution in [0.4, 0.5) is 0 Å². The predicted molar refractivity (Wildman–Crippen MR) is 68.3 cm³/mol. The number of benzene rings is 1. The Labute approximate surface area is 107 Å². The third kappa shape index (κ3) is 3.01. The largest absolute Gasteiger partial charge is 0.508 e. The monoisotopic (exact) mass is 249 g/mol. The Bertz CT molecular complexity index is 419. The van der Waals surface area contributed by atoms with E-state index in [0.29, 0.717) is 13.1 Å². The molecule has 0 aromatic heterocycles. The van der Waals surface area contributed by atoms with Gasteiger partial charge in [0.15, 0.2) is 0 Å². The summed E-state index contributed by atoms with van der Waals surface area (Å²) < 4.78 is 0. The number of carboxylic acids is 1. The fourth-order valence-corrected chi connectivity index (χ4v) is 2.66. The van der Waals surface area contributed by atoms with Crippen LogP contribution in [0.1, 0.15) is 24.8 Å². The van der Waals surface area contributed by atoms with E-state index in [1.165, 1.54) is 0 Å². The number of phenolic OH excluding ortho intramolecular Hbond substituents is 1. The molecule has 4 nitrogen and oxygen atoms in total. The molecular weight excluding hydrogens is 230 g/mol. The molecule has 2 unspecified atom stereocenters. The van der Waals surface area contributed by atoms with Crippen LogP contribution in [0.2, 0.25) is 0 Å². The Morgan fingerprint density at radius 1 is 1.33 bits per heavy atom. The van der Waals surface area contributed by atoms with Crippen LogP contribution in [0.15, 0.2) is 24.3 Å².